The Morgan fingerprint density at radius 2 is 1.82 bits per heavy atom. The minimum Gasteiger partial charge on any atom is -0.305 e. The highest BCUT2D eigenvalue weighted by Crippen LogP contribution is 2.34. The number of aromatic nitrogens is 3. The molecule has 0 saturated carbocycles. The van der Waals surface area contributed by atoms with Gasteiger partial charge in [0.05, 0.1) is 11.9 Å². The van der Waals surface area contributed by atoms with Crippen molar-refractivity contribution in [1.82, 2.24) is 14.8 Å². The molecule has 1 aromatic carbocycles. The van der Waals surface area contributed by atoms with Crippen molar-refractivity contribution in [3.8, 4) is 22.4 Å². The van der Waals surface area contributed by atoms with Gasteiger partial charge >= 0.3 is 0 Å². The maximum atomic E-state index is 7.96. The SMILES string of the molecule is Cn1ncc(-c2ccc3c(c2)CCC3=N)c1-c1ccncc1. The number of fused-ring (bicyclic) bond motifs is 1. The lowest BCUT2D eigenvalue weighted by Crippen LogP contribution is -1.95. The summed E-state index contributed by atoms with van der Waals surface area (Å²) in [4.78, 5) is 4.09. The van der Waals surface area contributed by atoms with Crippen LogP contribution in [0.3, 0.4) is 0 Å². The fourth-order valence-corrected chi connectivity index (χ4v) is 3.16. The first-order chi connectivity index (χ1) is 10.7. The van der Waals surface area contributed by atoms with Crippen molar-refractivity contribution in [2.75, 3.05) is 0 Å². The van der Waals surface area contributed by atoms with Gasteiger partial charge in [0.2, 0.25) is 0 Å². The molecule has 0 fully saturated rings. The van der Waals surface area contributed by atoms with Crippen LogP contribution in [0.2, 0.25) is 0 Å². The molecule has 22 heavy (non-hydrogen) atoms. The van der Waals surface area contributed by atoms with Gasteiger partial charge in [0.1, 0.15) is 0 Å². The summed E-state index contributed by atoms with van der Waals surface area (Å²) in [5, 5.41) is 12.4. The number of hydrogen-bond acceptors (Lipinski definition) is 3. The van der Waals surface area contributed by atoms with Crippen LogP contribution in [0.5, 0.6) is 0 Å². The van der Waals surface area contributed by atoms with Crippen LogP contribution in [0.25, 0.3) is 22.4 Å². The predicted octanol–water partition coefficient (Wildman–Crippen LogP) is 3.46. The monoisotopic (exact) mass is 288 g/mol. The highest BCUT2D eigenvalue weighted by Gasteiger charge is 2.19. The summed E-state index contributed by atoms with van der Waals surface area (Å²) >= 11 is 0. The summed E-state index contributed by atoms with van der Waals surface area (Å²) < 4.78 is 1.90. The van der Waals surface area contributed by atoms with Crippen LogP contribution in [0.15, 0.2) is 48.9 Å². The Kier molecular flexibility index (Phi) is 2.89. The number of rotatable bonds is 2. The zero-order valence-corrected chi connectivity index (χ0v) is 12.4. The average Bonchev–Trinajstić information content (AvgIpc) is 3.11. The van der Waals surface area contributed by atoms with E-state index in [1.807, 2.05) is 30.1 Å². The molecule has 4 heteroatoms. The van der Waals surface area contributed by atoms with Crippen molar-refractivity contribution in [3.63, 3.8) is 0 Å². The maximum absolute atomic E-state index is 7.96. The third-order valence-corrected chi connectivity index (χ3v) is 4.28. The van der Waals surface area contributed by atoms with Gasteiger partial charge in [-0.3, -0.25) is 9.67 Å². The fourth-order valence-electron chi connectivity index (χ4n) is 3.16. The zero-order valence-electron chi connectivity index (χ0n) is 12.4. The van der Waals surface area contributed by atoms with Crippen LogP contribution in [0, 0.1) is 5.41 Å². The zero-order chi connectivity index (χ0) is 15.1. The van der Waals surface area contributed by atoms with E-state index in [2.05, 4.69) is 28.3 Å². The Bertz CT molecular complexity index is 862. The molecule has 1 N–H and O–H groups in total. The first-order valence-electron chi connectivity index (χ1n) is 7.37. The Labute approximate surface area is 129 Å². The van der Waals surface area contributed by atoms with Crippen molar-refractivity contribution in [2.45, 2.75) is 12.8 Å². The van der Waals surface area contributed by atoms with Gasteiger partial charge in [-0.1, -0.05) is 18.2 Å². The molecule has 0 spiro atoms. The molecular weight excluding hydrogens is 272 g/mol. The standard InChI is InChI=1S/C18H16N4/c1-22-18(12-6-8-20-9-7-12)16(11-21-22)14-2-4-15-13(10-14)3-5-17(15)19/h2,4,6-11,19H,3,5H2,1H3. The molecule has 2 heterocycles. The average molecular weight is 288 g/mol. The quantitative estimate of drug-likeness (QED) is 0.785. The molecule has 0 atom stereocenters. The van der Waals surface area contributed by atoms with E-state index in [4.69, 9.17) is 5.41 Å². The first-order valence-corrected chi connectivity index (χ1v) is 7.37. The number of nitrogens with zero attached hydrogens (tertiary/aromatic N) is 3. The molecule has 0 saturated heterocycles. The van der Waals surface area contributed by atoms with Gasteiger partial charge in [-0.25, -0.2) is 0 Å². The third-order valence-electron chi connectivity index (χ3n) is 4.28. The number of hydrogen-bond donors (Lipinski definition) is 1. The van der Waals surface area contributed by atoms with E-state index in [1.54, 1.807) is 12.4 Å². The van der Waals surface area contributed by atoms with E-state index in [0.717, 1.165) is 46.5 Å². The fraction of sp³-hybridized carbons (Fsp3) is 0.167. The molecule has 2 aromatic heterocycles. The third kappa shape index (κ3) is 1.96. The van der Waals surface area contributed by atoms with E-state index in [0.29, 0.717) is 0 Å². The molecule has 0 amide bonds. The Balaban J connectivity index is 1.87. The summed E-state index contributed by atoms with van der Waals surface area (Å²) in [5.41, 5.74) is 7.60. The number of aryl methyl sites for hydroxylation is 2. The highest BCUT2D eigenvalue weighted by molar-refractivity contribution is 6.03. The lowest BCUT2D eigenvalue weighted by molar-refractivity contribution is 0.776. The van der Waals surface area contributed by atoms with Crippen LogP contribution < -0.4 is 0 Å². The predicted molar refractivity (Wildman–Crippen MR) is 87.0 cm³/mol. The smallest absolute Gasteiger partial charge is 0.0758 e. The molecule has 108 valence electrons. The van der Waals surface area contributed by atoms with Gasteiger partial charge < -0.3 is 5.41 Å². The minimum absolute atomic E-state index is 0.752. The summed E-state index contributed by atoms with van der Waals surface area (Å²) in [6.45, 7) is 0. The molecule has 1 aliphatic carbocycles. The molecular formula is C18H16N4. The highest BCUT2D eigenvalue weighted by atomic mass is 15.3. The van der Waals surface area contributed by atoms with Gasteiger partial charge in [0.15, 0.2) is 0 Å². The number of nitrogens with one attached hydrogen (secondary N) is 1. The molecule has 1 aliphatic rings. The topological polar surface area (TPSA) is 54.6 Å². The lowest BCUT2D eigenvalue weighted by Gasteiger charge is -2.08. The number of benzene rings is 1. The van der Waals surface area contributed by atoms with Gasteiger partial charge in [-0.05, 0) is 41.7 Å². The maximum Gasteiger partial charge on any atom is 0.0758 e. The molecule has 4 rings (SSSR count). The normalized spacial score (nSPS) is 13.4. The lowest BCUT2D eigenvalue weighted by atomic mass is 9.98. The van der Waals surface area contributed by atoms with E-state index in [-0.39, 0.29) is 0 Å². The number of pyridine rings is 1. The Morgan fingerprint density at radius 1 is 1.00 bits per heavy atom. The van der Waals surface area contributed by atoms with Crippen molar-refractivity contribution < 1.29 is 0 Å². The van der Waals surface area contributed by atoms with Crippen molar-refractivity contribution in [3.05, 3.63) is 60.0 Å². The second kappa shape index (κ2) is 4.91. The molecule has 0 aliphatic heterocycles. The van der Waals surface area contributed by atoms with Crippen molar-refractivity contribution in [1.29, 1.82) is 5.41 Å². The van der Waals surface area contributed by atoms with Crippen molar-refractivity contribution in [2.24, 2.45) is 7.05 Å². The summed E-state index contributed by atoms with van der Waals surface area (Å²) in [6, 6.07) is 10.4. The summed E-state index contributed by atoms with van der Waals surface area (Å²) in [6.07, 6.45) is 7.33. The molecule has 0 radical (unpaired) electrons. The van der Waals surface area contributed by atoms with Crippen LogP contribution in [-0.2, 0) is 13.5 Å². The largest absolute Gasteiger partial charge is 0.305 e. The van der Waals surface area contributed by atoms with Gasteiger partial charge in [0.25, 0.3) is 0 Å². The minimum atomic E-state index is 0.752. The van der Waals surface area contributed by atoms with Crippen LogP contribution >= 0.6 is 0 Å². The molecule has 4 nitrogen and oxygen atoms in total. The van der Waals surface area contributed by atoms with Gasteiger partial charge in [0, 0.05) is 36.3 Å². The van der Waals surface area contributed by atoms with Crippen LogP contribution in [-0.4, -0.2) is 20.5 Å². The van der Waals surface area contributed by atoms with Gasteiger partial charge in [-0.15, -0.1) is 0 Å². The van der Waals surface area contributed by atoms with Crippen LogP contribution in [0.1, 0.15) is 17.5 Å². The van der Waals surface area contributed by atoms with E-state index < -0.39 is 0 Å². The first kappa shape index (κ1) is 13.0. The second-order valence-electron chi connectivity index (χ2n) is 5.62. The van der Waals surface area contributed by atoms with Crippen LogP contribution in [0.4, 0.5) is 0 Å². The molecule has 0 bridgehead atoms. The Morgan fingerprint density at radius 3 is 2.64 bits per heavy atom. The second-order valence-corrected chi connectivity index (χ2v) is 5.62. The molecule has 0 unspecified atom stereocenters. The van der Waals surface area contributed by atoms with Gasteiger partial charge in [-0.2, -0.15) is 5.10 Å². The summed E-state index contributed by atoms with van der Waals surface area (Å²) in [5.74, 6) is 0. The van der Waals surface area contributed by atoms with E-state index >= 15 is 0 Å². The summed E-state index contributed by atoms with van der Waals surface area (Å²) in [7, 11) is 1.96. The Hall–Kier alpha value is -2.75. The van der Waals surface area contributed by atoms with E-state index in [1.165, 1.54) is 5.56 Å². The van der Waals surface area contributed by atoms with Crippen molar-refractivity contribution >= 4 is 5.71 Å². The molecule has 3 aromatic rings. The van der Waals surface area contributed by atoms with E-state index in [9.17, 15) is 0 Å².